The molecule has 3 rings (SSSR count). The zero-order valence-electron chi connectivity index (χ0n) is 11.3. The van der Waals surface area contributed by atoms with E-state index >= 15 is 0 Å². The highest BCUT2D eigenvalue weighted by Crippen LogP contribution is 2.40. The van der Waals surface area contributed by atoms with Gasteiger partial charge in [0.2, 0.25) is 0 Å². The predicted molar refractivity (Wildman–Crippen MR) is 79.6 cm³/mol. The molecule has 0 bridgehead atoms. The number of nitrogens with two attached hydrogens (primary N) is 1. The fourth-order valence-corrected chi connectivity index (χ4v) is 2.90. The molecule has 19 heavy (non-hydrogen) atoms. The van der Waals surface area contributed by atoms with Crippen LogP contribution >= 0.6 is 11.6 Å². The molecule has 1 heterocycles. The summed E-state index contributed by atoms with van der Waals surface area (Å²) in [5.74, 6) is 1.17. The molecule has 1 aliphatic rings. The van der Waals surface area contributed by atoms with Crippen molar-refractivity contribution >= 4 is 22.6 Å². The lowest BCUT2D eigenvalue weighted by molar-refractivity contribution is 0.595. The average molecular weight is 278 g/mol. The Labute approximate surface area is 118 Å². The molecule has 3 nitrogen and oxygen atoms in total. The summed E-state index contributed by atoms with van der Waals surface area (Å²) in [7, 11) is 0. The van der Waals surface area contributed by atoms with Gasteiger partial charge in [-0.1, -0.05) is 17.7 Å². The van der Waals surface area contributed by atoms with Gasteiger partial charge in [0.25, 0.3) is 0 Å². The predicted octanol–water partition coefficient (Wildman–Crippen LogP) is 3.69. The monoisotopic (exact) mass is 277 g/mol. The average Bonchev–Trinajstić information content (AvgIpc) is 3.11. The number of para-hydroxylation sites is 1. The Hall–Kier alpha value is -1.06. The molecular formula is C15H20ClN3. The van der Waals surface area contributed by atoms with Gasteiger partial charge in [-0.25, -0.2) is 4.98 Å². The van der Waals surface area contributed by atoms with Crippen LogP contribution in [0.4, 0.5) is 0 Å². The van der Waals surface area contributed by atoms with Crippen molar-refractivity contribution in [2.75, 3.05) is 0 Å². The summed E-state index contributed by atoms with van der Waals surface area (Å²) in [6, 6.07) is 6.85. The van der Waals surface area contributed by atoms with Crippen LogP contribution < -0.4 is 5.73 Å². The molecule has 1 aromatic heterocycles. The topological polar surface area (TPSA) is 43.8 Å². The van der Waals surface area contributed by atoms with E-state index in [4.69, 9.17) is 22.3 Å². The van der Waals surface area contributed by atoms with E-state index in [9.17, 15) is 0 Å². The summed E-state index contributed by atoms with van der Waals surface area (Å²) in [5, 5.41) is 0.815. The van der Waals surface area contributed by atoms with Gasteiger partial charge in [-0.3, -0.25) is 0 Å². The van der Waals surface area contributed by atoms with Crippen molar-refractivity contribution in [1.82, 2.24) is 9.55 Å². The first-order chi connectivity index (χ1) is 9.16. The van der Waals surface area contributed by atoms with Crippen LogP contribution in [0.3, 0.4) is 0 Å². The Morgan fingerprint density at radius 3 is 2.95 bits per heavy atom. The summed E-state index contributed by atoms with van der Waals surface area (Å²) < 4.78 is 2.36. The van der Waals surface area contributed by atoms with Gasteiger partial charge in [0.05, 0.1) is 16.1 Å². The highest BCUT2D eigenvalue weighted by Gasteiger charge is 2.28. The lowest BCUT2D eigenvalue weighted by atomic mass is 10.1. The van der Waals surface area contributed by atoms with Crippen molar-refractivity contribution in [3.63, 3.8) is 0 Å². The van der Waals surface area contributed by atoms with E-state index < -0.39 is 0 Å². The van der Waals surface area contributed by atoms with Crippen LogP contribution in [0.15, 0.2) is 18.2 Å². The van der Waals surface area contributed by atoms with E-state index in [0.29, 0.717) is 6.04 Å². The second-order valence-corrected chi connectivity index (χ2v) is 6.01. The number of hydrogen-bond donors (Lipinski definition) is 1. The van der Waals surface area contributed by atoms with Crippen LogP contribution in [0.5, 0.6) is 0 Å². The number of benzene rings is 1. The molecule has 0 spiro atoms. The molecule has 0 saturated heterocycles. The lowest BCUT2D eigenvalue weighted by Gasteiger charge is -2.09. The number of halogens is 1. The number of imidazole rings is 1. The van der Waals surface area contributed by atoms with Crippen LogP contribution in [-0.4, -0.2) is 15.6 Å². The first-order valence-corrected chi connectivity index (χ1v) is 7.45. The van der Waals surface area contributed by atoms with Crippen LogP contribution in [0.1, 0.15) is 44.5 Å². The Kier molecular flexibility index (Phi) is 3.50. The summed E-state index contributed by atoms with van der Waals surface area (Å²) in [5.41, 5.74) is 7.95. The molecule has 0 amide bonds. The zero-order valence-corrected chi connectivity index (χ0v) is 12.0. The van der Waals surface area contributed by atoms with E-state index in [2.05, 4.69) is 17.6 Å². The van der Waals surface area contributed by atoms with Crippen molar-refractivity contribution < 1.29 is 0 Å². The fraction of sp³-hybridized carbons (Fsp3) is 0.533. The van der Waals surface area contributed by atoms with Crippen LogP contribution in [0.25, 0.3) is 11.0 Å². The molecule has 1 atom stereocenters. The van der Waals surface area contributed by atoms with Crippen LogP contribution in [-0.2, 0) is 6.42 Å². The van der Waals surface area contributed by atoms with Gasteiger partial charge in [0, 0.05) is 18.5 Å². The smallest absolute Gasteiger partial charge is 0.110 e. The fourth-order valence-electron chi connectivity index (χ4n) is 2.64. The van der Waals surface area contributed by atoms with Gasteiger partial charge in [-0.05, 0) is 44.7 Å². The van der Waals surface area contributed by atoms with E-state index in [0.717, 1.165) is 35.3 Å². The van der Waals surface area contributed by atoms with Gasteiger partial charge >= 0.3 is 0 Å². The van der Waals surface area contributed by atoms with Gasteiger partial charge in [-0.2, -0.15) is 0 Å². The summed E-state index contributed by atoms with van der Waals surface area (Å²) >= 11 is 6.35. The molecular weight excluding hydrogens is 258 g/mol. The number of aryl methyl sites for hydroxylation is 1. The largest absolute Gasteiger partial charge is 0.328 e. The highest BCUT2D eigenvalue weighted by atomic mass is 35.5. The van der Waals surface area contributed by atoms with Gasteiger partial charge < -0.3 is 10.3 Å². The number of rotatable bonds is 5. The quantitative estimate of drug-likeness (QED) is 0.906. The number of hydrogen-bond acceptors (Lipinski definition) is 2. The van der Waals surface area contributed by atoms with Crippen LogP contribution in [0, 0.1) is 0 Å². The second-order valence-electron chi connectivity index (χ2n) is 5.61. The first-order valence-electron chi connectivity index (χ1n) is 7.07. The first kappa shape index (κ1) is 12.9. The molecule has 4 heteroatoms. The highest BCUT2D eigenvalue weighted by molar-refractivity contribution is 6.35. The Balaban J connectivity index is 1.94. The summed E-state index contributed by atoms with van der Waals surface area (Å²) in [6.07, 6.45) is 5.62. The third-order valence-corrected chi connectivity index (χ3v) is 4.01. The third-order valence-electron chi connectivity index (χ3n) is 3.71. The maximum absolute atomic E-state index is 6.35. The van der Waals surface area contributed by atoms with Gasteiger partial charge in [0.1, 0.15) is 5.82 Å². The maximum atomic E-state index is 6.35. The van der Waals surface area contributed by atoms with Crippen molar-refractivity contribution in [2.24, 2.45) is 5.73 Å². The van der Waals surface area contributed by atoms with Crippen molar-refractivity contribution in [3.8, 4) is 0 Å². The van der Waals surface area contributed by atoms with Crippen molar-refractivity contribution in [1.29, 1.82) is 0 Å². The number of nitrogens with zero attached hydrogens (tertiary/aromatic N) is 2. The van der Waals surface area contributed by atoms with Crippen molar-refractivity contribution in [3.05, 3.63) is 29.0 Å². The van der Waals surface area contributed by atoms with Gasteiger partial charge in [-0.15, -0.1) is 0 Å². The molecule has 1 aromatic carbocycles. The minimum absolute atomic E-state index is 0.266. The van der Waals surface area contributed by atoms with E-state index in [1.54, 1.807) is 0 Å². The molecule has 0 radical (unpaired) electrons. The zero-order chi connectivity index (χ0) is 13.4. The molecule has 2 aromatic rings. The van der Waals surface area contributed by atoms with Gasteiger partial charge in [0.15, 0.2) is 0 Å². The lowest BCUT2D eigenvalue weighted by Crippen LogP contribution is -2.15. The number of aromatic nitrogens is 2. The Bertz CT molecular complexity index is 584. The normalized spacial score (nSPS) is 17.0. The minimum Gasteiger partial charge on any atom is -0.328 e. The van der Waals surface area contributed by atoms with E-state index in [1.165, 1.54) is 18.7 Å². The molecule has 1 saturated carbocycles. The molecule has 1 aliphatic carbocycles. The van der Waals surface area contributed by atoms with Crippen LogP contribution in [0.2, 0.25) is 5.02 Å². The SMILES string of the molecule is CC(N)CCCc1nc2cccc(Cl)c2n1C1CC1. The molecule has 0 aliphatic heterocycles. The molecule has 1 unspecified atom stereocenters. The maximum Gasteiger partial charge on any atom is 0.110 e. The standard InChI is InChI=1S/C15H20ClN3/c1-10(17)4-2-7-14-18-13-6-3-5-12(16)15(13)19(14)11-8-9-11/h3,5-6,10-11H,2,4,7-9,17H2,1H3. The third kappa shape index (κ3) is 2.63. The molecule has 2 N–H and O–H groups in total. The summed E-state index contributed by atoms with van der Waals surface area (Å²) in [6.45, 7) is 2.06. The molecule has 1 fully saturated rings. The number of fused-ring (bicyclic) bond motifs is 1. The second kappa shape index (κ2) is 5.14. The Morgan fingerprint density at radius 2 is 2.26 bits per heavy atom. The van der Waals surface area contributed by atoms with E-state index in [1.807, 2.05) is 12.1 Å². The summed E-state index contributed by atoms with van der Waals surface area (Å²) in [4.78, 5) is 4.77. The van der Waals surface area contributed by atoms with Crippen molar-refractivity contribution in [2.45, 2.75) is 51.1 Å². The molecule has 102 valence electrons. The van der Waals surface area contributed by atoms with E-state index in [-0.39, 0.29) is 6.04 Å². The Morgan fingerprint density at radius 1 is 1.47 bits per heavy atom. The minimum atomic E-state index is 0.266.